The van der Waals surface area contributed by atoms with E-state index >= 15 is 0 Å². The smallest absolute Gasteiger partial charge is 0.426 e. The monoisotopic (exact) mass is 510 g/mol. The molecule has 0 aliphatic rings. The molecule has 0 unspecified atom stereocenters. The van der Waals surface area contributed by atoms with Gasteiger partial charge in [-0.15, -0.1) is 0 Å². The number of guanidine groups is 1. The van der Waals surface area contributed by atoms with E-state index in [1.807, 2.05) is 13.8 Å². The molecule has 0 aliphatic carbocycles. The number of carbonyl (C=O) groups is 2. The molecule has 12 nitrogen and oxygen atoms in total. The maximum atomic E-state index is 13.0. The number of nitro groups is 1. The molecule has 2 atom stereocenters. The van der Waals surface area contributed by atoms with Gasteiger partial charge in [0.2, 0.25) is 11.8 Å². The quantitative estimate of drug-likeness (QED) is 0.0421. The minimum Gasteiger partial charge on any atom is -0.426 e. The first kappa shape index (κ1) is 30.8. The van der Waals surface area contributed by atoms with Gasteiger partial charge in [-0.3, -0.25) is 15.0 Å². The van der Waals surface area contributed by atoms with E-state index in [9.17, 15) is 34.1 Å². The zero-order valence-corrected chi connectivity index (χ0v) is 20.6. The Morgan fingerprint density at radius 2 is 1.81 bits per heavy atom. The first-order valence-corrected chi connectivity index (χ1v) is 11.9. The summed E-state index contributed by atoms with van der Waals surface area (Å²) in [4.78, 5) is 35.7. The molecule has 0 heterocycles. The Labute approximate surface area is 210 Å². The maximum Gasteiger partial charge on any atom is 0.475 e. The van der Waals surface area contributed by atoms with Crippen LogP contribution in [-0.2, 0) is 16.0 Å². The summed E-state index contributed by atoms with van der Waals surface area (Å²) in [5.74, 6) is -2.58. The highest BCUT2D eigenvalue weighted by Gasteiger charge is 2.29. The number of rotatable bonds is 16. The van der Waals surface area contributed by atoms with E-state index in [4.69, 9.17) is 5.41 Å². The first-order chi connectivity index (χ1) is 17.0. The molecule has 14 heteroatoms. The van der Waals surface area contributed by atoms with Crippen LogP contribution in [0.4, 0.5) is 4.39 Å². The van der Waals surface area contributed by atoms with Gasteiger partial charge >= 0.3 is 7.12 Å². The lowest BCUT2D eigenvalue weighted by Crippen LogP contribution is -2.54. The number of nitrogens with zero attached hydrogens (tertiary/aromatic N) is 1. The van der Waals surface area contributed by atoms with Crippen molar-refractivity contribution >= 4 is 24.9 Å². The van der Waals surface area contributed by atoms with E-state index in [1.54, 1.807) is 17.6 Å². The summed E-state index contributed by atoms with van der Waals surface area (Å²) in [6.45, 7) is 3.87. The number of halogens is 1. The minimum absolute atomic E-state index is 0.0792. The topological polar surface area (TPSA) is 190 Å². The van der Waals surface area contributed by atoms with Gasteiger partial charge in [-0.25, -0.2) is 14.5 Å². The Kier molecular flexibility index (Phi) is 14.0. The summed E-state index contributed by atoms with van der Waals surface area (Å²) in [6.07, 6.45) is 2.85. The third kappa shape index (κ3) is 13.6. The average Bonchev–Trinajstić information content (AvgIpc) is 2.78. The van der Waals surface area contributed by atoms with Crippen LogP contribution >= 0.6 is 0 Å². The van der Waals surface area contributed by atoms with Crippen LogP contribution in [0.15, 0.2) is 24.3 Å². The largest absolute Gasteiger partial charge is 0.475 e. The van der Waals surface area contributed by atoms with Crippen LogP contribution in [-0.4, -0.2) is 58.5 Å². The summed E-state index contributed by atoms with van der Waals surface area (Å²) in [7, 11) is -1.77. The highest BCUT2D eigenvalue weighted by atomic mass is 19.1. The third-order valence-corrected chi connectivity index (χ3v) is 5.27. The molecule has 1 rings (SSSR count). The molecule has 0 spiro atoms. The van der Waals surface area contributed by atoms with Crippen molar-refractivity contribution in [2.45, 2.75) is 70.8 Å². The van der Waals surface area contributed by atoms with Crippen molar-refractivity contribution in [3.63, 3.8) is 0 Å². The van der Waals surface area contributed by atoms with Gasteiger partial charge in [-0.1, -0.05) is 31.4 Å². The molecule has 7 N–H and O–H groups in total. The summed E-state index contributed by atoms with van der Waals surface area (Å²) in [6, 6.07) is 5.17. The Morgan fingerprint density at radius 3 is 2.39 bits per heavy atom. The summed E-state index contributed by atoms with van der Waals surface area (Å²) in [5, 5.41) is 43.8. The van der Waals surface area contributed by atoms with Gasteiger partial charge in [0.15, 0.2) is 5.03 Å². The second-order valence-electron chi connectivity index (χ2n) is 8.92. The number of hydrogen-bond donors (Lipinski definition) is 7. The number of unbranched alkanes of at least 4 members (excludes halogenated alkanes) is 1. The van der Waals surface area contributed by atoms with Crippen LogP contribution in [0.5, 0.6) is 0 Å². The van der Waals surface area contributed by atoms with E-state index in [0.717, 1.165) is 5.56 Å². The molecule has 1 aromatic carbocycles. The number of aryl methyl sites for hydroxylation is 1. The van der Waals surface area contributed by atoms with Crippen LogP contribution in [0.1, 0.15) is 57.9 Å². The van der Waals surface area contributed by atoms with Gasteiger partial charge in [-0.05, 0) is 62.1 Å². The van der Waals surface area contributed by atoms with Gasteiger partial charge in [0.1, 0.15) is 11.9 Å². The Hall–Kier alpha value is -3.26. The highest BCUT2D eigenvalue weighted by molar-refractivity contribution is 6.43. The summed E-state index contributed by atoms with van der Waals surface area (Å²) in [5.41, 5.74) is 2.61. The van der Waals surface area contributed by atoms with Crippen LogP contribution in [0.25, 0.3) is 0 Å². The van der Waals surface area contributed by atoms with Crippen LogP contribution < -0.4 is 21.4 Å². The lowest BCUT2D eigenvalue weighted by Gasteiger charge is -2.24. The molecule has 0 radical (unpaired) electrons. The van der Waals surface area contributed by atoms with Crippen LogP contribution in [0.3, 0.4) is 0 Å². The van der Waals surface area contributed by atoms with Gasteiger partial charge in [0.25, 0.3) is 5.96 Å². The number of hydrogen-bond acceptors (Lipinski definition) is 7. The van der Waals surface area contributed by atoms with Crippen LogP contribution in [0, 0.1) is 27.3 Å². The number of benzene rings is 1. The first-order valence-electron chi connectivity index (χ1n) is 11.9. The van der Waals surface area contributed by atoms with Crippen molar-refractivity contribution in [1.29, 1.82) is 5.41 Å². The van der Waals surface area contributed by atoms with Crippen molar-refractivity contribution in [3.8, 4) is 0 Å². The Morgan fingerprint density at radius 1 is 1.14 bits per heavy atom. The second kappa shape index (κ2) is 16.4. The van der Waals surface area contributed by atoms with Crippen molar-refractivity contribution in [2.24, 2.45) is 5.92 Å². The SMILES string of the molecule is CC(C)C[C@H](NC(=O)[C@H](CCCNC(=N)N[N+](=O)[O-])NC(=O)CCCCc1ccc(F)cc1)B(O)O. The molecule has 36 heavy (non-hydrogen) atoms. The lowest BCUT2D eigenvalue weighted by atomic mass is 9.75. The van der Waals surface area contributed by atoms with E-state index < -0.39 is 36.0 Å². The predicted octanol–water partition coefficient (Wildman–Crippen LogP) is 0.652. The lowest BCUT2D eigenvalue weighted by molar-refractivity contribution is -0.525. The molecule has 0 aromatic heterocycles. The van der Waals surface area contributed by atoms with Crippen molar-refractivity contribution < 1.29 is 29.1 Å². The molecule has 200 valence electrons. The van der Waals surface area contributed by atoms with Crippen molar-refractivity contribution in [2.75, 3.05) is 6.54 Å². The molecule has 0 fully saturated rings. The standard InChI is InChI=1S/C22H36BFN6O6/c1-15(2)14-19(23(33)34)28-21(32)18(7-5-13-26-22(25)29-30(35)36)27-20(31)8-4-3-6-16-9-11-17(24)12-10-16/h9-12,15,18-19,33-34H,3-8,13-14H2,1-2H3,(H,27,31)(H,28,32)(H3,25,26,29)/t18-,19-/m0/s1. The molecule has 0 aliphatic heterocycles. The summed E-state index contributed by atoms with van der Waals surface area (Å²) < 4.78 is 13.0. The number of amides is 2. The average molecular weight is 510 g/mol. The minimum atomic E-state index is -1.77. The summed E-state index contributed by atoms with van der Waals surface area (Å²) >= 11 is 0. The normalized spacial score (nSPS) is 12.4. The van der Waals surface area contributed by atoms with E-state index in [-0.39, 0.29) is 37.0 Å². The maximum absolute atomic E-state index is 13.0. The molecule has 0 saturated heterocycles. The van der Waals surface area contributed by atoms with E-state index in [2.05, 4.69) is 16.0 Å². The molecule has 1 aromatic rings. The number of carbonyl (C=O) groups excluding carboxylic acids is 2. The van der Waals surface area contributed by atoms with Crippen molar-refractivity contribution in [3.05, 3.63) is 45.8 Å². The van der Waals surface area contributed by atoms with Crippen LogP contribution in [0.2, 0.25) is 0 Å². The van der Waals surface area contributed by atoms with Gasteiger partial charge < -0.3 is 26.0 Å². The van der Waals surface area contributed by atoms with Crippen molar-refractivity contribution in [1.82, 2.24) is 21.4 Å². The fourth-order valence-corrected chi connectivity index (χ4v) is 3.50. The third-order valence-electron chi connectivity index (χ3n) is 5.27. The zero-order valence-electron chi connectivity index (χ0n) is 20.6. The fraction of sp³-hybridized carbons (Fsp3) is 0.591. The highest BCUT2D eigenvalue weighted by Crippen LogP contribution is 2.10. The molecular formula is C22H36BFN6O6. The van der Waals surface area contributed by atoms with Gasteiger partial charge in [-0.2, -0.15) is 0 Å². The second-order valence-corrected chi connectivity index (χ2v) is 8.92. The molecular weight excluding hydrogens is 474 g/mol. The molecule has 0 bridgehead atoms. The van der Waals surface area contributed by atoms with Gasteiger partial charge in [0.05, 0.1) is 5.94 Å². The predicted molar refractivity (Wildman–Crippen MR) is 133 cm³/mol. The fourth-order valence-electron chi connectivity index (χ4n) is 3.50. The zero-order chi connectivity index (χ0) is 27.1. The van der Waals surface area contributed by atoms with Gasteiger partial charge in [0, 0.05) is 13.0 Å². The molecule has 0 saturated carbocycles. The Bertz CT molecular complexity index is 858. The van der Waals surface area contributed by atoms with E-state index in [1.165, 1.54) is 12.1 Å². The number of hydrazine groups is 1. The molecule has 2 amide bonds. The number of nitrogens with one attached hydrogen (secondary N) is 5. The Balaban J connectivity index is 2.63. The van der Waals surface area contributed by atoms with E-state index in [0.29, 0.717) is 32.1 Å².